The highest BCUT2D eigenvalue weighted by molar-refractivity contribution is 5.87. The van der Waals surface area contributed by atoms with E-state index in [1.54, 1.807) is 0 Å². The highest BCUT2D eigenvalue weighted by Crippen LogP contribution is 2.24. The van der Waals surface area contributed by atoms with Gasteiger partial charge in [0.15, 0.2) is 0 Å². The van der Waals surface area contributed by atoms with Crippen LogP contribution in [0.5, 0.6) is 0 Å². The summed E-state index contributed by atoms with van der Waals surface area (Å²) in [5.41, 5.74) is -1.04. The molecule has 5 heteroatoms. The molecule has 0 rings (SSSR count). The number of nitrogens with zero attached hydrogens (tertiary/aromatic N) is 1. The fourth-order valence-electron chi connectivity index (χ4n) is 0.415. The molecule has 0 aliphatic rings. The van der Waals surface area contributed by atoms with Crippen LogP contribution in [0.1, 0.15) is 0 Å². The van der Waals surface area contributed by atoms with Crippen LogP contribution in [0.15, 0.2) is 24.3 Å². The molecule has 0 bridgehead atoms. The molecule has 0 N–H and O–H groups in total. The average molecular weight is 193 g/mol. The summed E-state index contributed by atoms with van der Waals surface area (Å²) >= 11 is 0. The van der Waals surface area contributed by atoms with Gasteiger partial charge in [0.25, 0.3) is 0 Å². The fraction of sp³-hybridized carbons (Fsp3) is 0.375. The Morgan fingerprint density at radius 2 is 1.77 bits per heavy atom. The lowest BCUT2D eigenvalue weighted by Gasteiger charge is -2.07. The zero-order chi connectivity index (χ0) is 10.6. The third kappa shape index (κ3) is 4.35. The molecule has 0 aromatic rings. The lowest BCUT2D eigenvalue weighted by atomic mass is 10.2. The molecule has 1 amide bonds. The van der Waals surface area contributed by atoms with E-state index < -0.39 is 17.7 Å². The molecule has 0 heterocycles. The molecule has 0 aromatic heterocycles. The Hall–Kier alpha value is -1.26. The molecular weight excluding hydrogens is 183 g/mol. The van der Waals surface area contributed by atoms with E-state index in [1.807, 2.05) is 0 Å². The standard InChI is InChI=1S/C8H10F3NO/c1-6(8(9,10)11)4-5-7(13)12(2)3/h4-5H,1H2,2-3H3/b5-4-. The maximum atomic E-state index is 11.8. The summed E-state index contributed by atoms with van der Waals surface area (Å²) in [5, 5.41) is 0. The molecule has 0 aliphatic heterocycles. The quantitative estimate of drug-likeness (QED) is 0.483. The zero-order valence-electron chi connectivity index (χ0n) is 7.35. The first kappa shape index (κ1) is 11.7. The molecule has 0 aromatic carbocycles. The van der Waals surface area contributed by atoms with Gasteiger partial charge in [-0.3, -0.25) is 4.79 Å². The van der Waals surface area contributed by atoms with E-state index in [0.717, 1.165) is 6.08 Å². The Morgan fingerprint density at radius 1 is 1.31 bits per heavy atom. The third-order valence-corrected chi connectivity index (χ3v) is 1.23. The van der Waals surface area contributed by atoms with Gasteiger partial charge in [0.05, 0.1) is 0 Å². The lowest BCUT2D eigenvalue weighted by molar-refractivity contribution is -0.123. The van der Waals surface area contributed by atoms with E-state index in [9.17, 15) is 18.0 Å². The number of allylic oxidation sites excluding steroid dienone is 2. The largest absolute Gasteiger partial charge is 0.415 e. The van der Waals surface area contributed by atoms with Gasteiger partial charge in [-0.05, 0) is 6.08 Å². The van der Waals surface area contributed by atoms with Crippen LogP contribution in [-0.2, 0) is 4.79 Å². The minimum absolute atomic E-state index is 0.509. The lowest BCUT2D eigenvalue weighted by Crippen LogP contribution is -2.19. The topological polar surface area (TPSA) is 20.3 Å². The van der Waals surface area contributed by atoms with E-state index in [4.69, 9.17) is 0 Å². The van der Waals surface area contributed by atoms with Crippen molar-refractivity contribution in [3.8, 4) is 0 Å². The number of amides is 1. The van der Waals surface area contributed by atoms with Gasteiger partial charge in [-0.25, -0.2) is 0 Å². The summed E-state index contributed by atoms with van der Waals surface area (Å²) in [4.78, 5) is 12.0. The zero-order valence-corrected chi connectivity index (χ0v) is 7.35. The van der Waals surface area contributed by atoms with Gasteiger partial charge < -0.3 is 4.90 Å². The number of likely N-dealkylation sites (N-methyl/N-ethyl adjacent to an activating group) is 1. The molecule has 0 spiro atoms. The van der Waals surface area contributed by atoms with Gasteiger partial charge in [0.1, 0.15) is 0 Å². The van der Waals surface area contributed by atoms with E-state index in [2.05, 4.69) is 6.58 Å². The predicted molar refractivity (Wildman–Crippen MR) is 43.0 cm³/mol. The van der Waals surface area contributed by atoms with Gasteiger partial charge in [-0.1, -0.05) is 6.58 Å². The Balaban J connectivity index is 4.30. The maximum absolute atomic E-state index is 11.8. The number of carbonyl (C=O) groups excluding carboxylic acids is 1. The van der Waals surface area contributed by atoms with Crippen molar-refractivity contribution < 1.29 is 18.0 Å². The minimum Gasteiger partial charge on any atom is -0.345 e. The first-order valence-electron chi connectivity index (χ1n) is 3.40. The summed E-state index contributed by atoms with van der Waals surface area (Å²) in [6, 6.07) is 0. The van der Waals surface area contributed by atoms with Crippen molar-refractivity contribution in [3.63, 3.8) is 0 Å². The van der Waals surface area contributed by atoms with Crippen molar-refractivity contribution in [1.82, 2.24) is 4.90 Å². The average Bonchev–Trinajstić information content (AvgIpc) is 1.97. The summed E-state index contributed by atoms with van der Waals surface area (Å²) in [6.45, 7) is 2.77. The van der Waals surface area contributed by atoms with Crippen LogP contribution in [0.3, 0.4) is 0 Å². The van der Waals surface area contributed by atoms with Crippen molar-refractivity contribution in [1.29, 1.82) is 0 Å². The summed E-state index contributed by atoms with van der Waals surface area (Å²) in [6.07, 6.45) is -2.98. The van der Waals surface area contributed by atoms with Crippen LogP contribution < -0.4 is 0 Å². The molecule has 0 atom stereocenters. The van der Waals surface area contributed by atoms with Gasteiger partial charge in [0, 0.05) is 25.7 Å². The molecule has 13 heavy (non-hydrogen) atoms. The number of carbonyl (C=O) groups is 1. The molecule has 0 aliphatic carbocycles. The van der Waals surface area contributed by atoms with E-state index in [-0.39, 0.29) is 0 Å². The highest BCUT2D eigenvalue weighted by Gasteiger charge is 2.29. The van der Waals surface area contributed by atoms with Crippen molar-refractivity contribution in [3.05, 3.63) is 24.3 Å². The van der Waals surface area contributed by atoms with E-state index in [0.29, 0.717) is 6.08 Å². The van der Waals surface area contributed by atoms with Crippen LogP contribution in [0.2, 0.25) is 0 Å². The molecule has 0 unspecified atom stereocenters. The molecule has 74 valence electrons. The number of alkyl halides is 3. The van der Waals surface area contributed by atoms with Crippen molar-refractivity contribution in [2.75, 3.05) is 14.1 Å². The number of hydrogen-bond donors (Lipinski definition) is 0. The first-order valence-corrected chi connectivity index (χ1v) is 3.40. The number of rotatable bonds is 2. The van der Waals surface area contributed by atoms with E-state index >= 15 is 0 Å². The molecule has 0 saturated heterocycles. The first-order chi connectivity index (χ1) is 5.75. The molecule has 0 radical (unpaired) electrons. The highest BCUT2D eigenvalue weighted by atomic mass is 19.4. The second kappa shape index (κ2) is 4.11. The van der Waals surface area contributed by atoms with E-state index in [1.165, 1.54) is 19.0 Å². The predicted octanol–water partition coefficient (Wildman–Crippen LogP) is 1.75. The van der Waals surface area contributed by atoms with Crippen LogP contribution in [0.25, 0.3) is 0 Å². The summed E-state index contributed by atoms with van der Waals surface area (Å²) in [7, 11) is 2.89. The van der Waals surface area contributed by atoms with Crippen molar-refractivity contribution >= 4 is 5.91 Å². The van der Waals surface area contributed by atoms with Crippen LogP contribution in [0, 0.1) is 0 Å². The monoisotopic (exact) mass is 193 g/mol. The molecule has 0 fully saturated rings. The molecular formula is C8H10F3NO. The smallest absolute Gasteiger partial charge is 0.345 e. The Labute approximate surface area is 74.3 Å². The second-order valence-electron chi connectivity index (χ2n) is 2.59. The van der Waals surface area contributed by atoms with Gasteiger partial charge in [0.2, 0.25) is 5.91 Å². The van der Waals surface area contributed by atoms with Crippen molar-refractivity contribution in [2.24, 2.45) is 0 Å². The minimum atomic E-state index is -4.47. The molecule has 2 nitrogen and oxygen atoms in total. The summed E-state index contributed by atoms with van der Waals surface area (Å²) < 4.78 is 35.5. The third-order valence-electron chi connectivity index (χ3n) is 1.23. The Bertz CT molecular complexity index is 240. The maximum Gasteiger partial charge on any atom is 0.415 e. The Morgan fingerprint density at radius 3 is 2.08 bits per heavy atom. The fourth-order valence-corrected chi connectivity index (χ4v) is 0.415. The SMILES string of the molecule is C=C(/C=C\C(=O)N(C)C)C(F)(F)F. The van der Waals surface area contributed by atoms with Crippen LogP contribution >= 0.6 is 0 Å². The number of halogens is 3. The number of hydrogen-bond acceptors (Lipinski definition) is 1. The van der Waals surface area contributed by atoms with Crippen molar-refractivity contribution in [2.45, 2.75) is 6.18 Å². The van der Waals surface area contributed by atoms with Gasteiger partial charge in [-0.15, -0.1) is 0 Å². The summed E-state index contributed by atoms with van der Waals surface area (Å²) in [5.74, 6) is -0.509. The van der Waals surface area contributed by atoms with Gasteiger partial charge in [-0.2, -0.15) is 13.2 Å². The van der Waals surface area contributed by atoms with Crippen LogP contribution in [0.4, 0.5) is 13.2 Å². The van der Waals surface area contributed by atoms with Gasteiger partial charge >= 0.3 is 6.18 Å². The second-order valence-corrected chi connectivity index (χ2v) is 2.59. The van der Waals surface area contributed by atoms with Crippen LogP contribution in [-0.4, -0.2) is 31.1 Å². The Kier molecular flexibility index (Phi) is 3.71. The normalized spacial score (nSPS) is 11.8. The molecule has 0 saturated carbocycles.